The number of hydrogen-bond donors (Lipinski definition) is 0. The fourth-order valence-electron chi connectivity index (χ4n) is 3.21. The Balaban J connectivity index is 0.000000696. The highest BCUT2D eigenvalue weighted by Gasteiger charge is 2.21. The molecule has 0 aliphatic carbocycles. The fraction of sp³-hybridized carbons (Fsp3) is 0.409. The number of aryl methyl sites for hydroxylation is 2. The van der Waals surface area contributed by atoms with Crippen molar-refractivity contribution in [3.63, 3.8) is 0 Å². The van der Waals surface area contributed by atoms with E-state index in [1.54, 1.807) is 0 Å². The van der Waals surface area contributed by atoms with Crippen molar-refractivity contribution in [3.8, 4) is 0 Å². The van der Waals surface area contributed by atoms with Crippen molar-refractivity contribution in [2.75, 3.05) is 7.05 Å². The molecule has 2 aromatic carbocycles. The molecule has 6 heteroatoms. The summed E-state index contributed by atoms with van der Waals surface area (Å²) < 4.78 is 41.3. The van der Waals surface area contributed by atoms with Crippen LogP contribution < -0.4 is 0 Å². The van der Waals surface area contributed by atoms with Gasteiger partial charge in [-0.25, -0.2) is 4.58 Å². The monoisotopic (exact) mass is 395 g/mol. The lowest BCUT2D eigenvalue weighted by Crippen LogP contribution is -2.10. The van der Waals surface area contributed by atoms with Crippen LogP contribution in [0.1, 0.15) is 67.3 Å². The van der Waals surface area contributed by atoms with Crippen molar-refractivity contribution in [2.45, 2.75) is 53.4 Å². The molecule has 1 nitrogen and oxygen atoms in total. The average Bonchev–Trinajstić information content (AvgIpc) is 2.55. The van der Waals surface area contributed by atoms with Gasteiger partial charge in [-0.2, -0.15) is 0 Å². The molecule has 2 rings (SSSR count). The summed E-state index contributed by atoms with van der Waals surface area (Å²) in [7, 11) is -3.82. The van der Waals surface area contributed by atoms with Crippen LogP contribution in [0, 0.1) is 13.8 Å². The molecule has 0 aliphatic heterocycles. The van der Waals surface area contributed by atoms with Gasteiger partial charge < -0.3 is 17.3 Å². The SMILES string of the molecule is Cc1cccc(C)c1C=[N+](C)c1c(C(C)C)cccc1C(C)C.F[B-](F)(F)F. The van der Waals surface area contributed by atoms with Gasteiger partial charge >= 0.3 is 7.25 Å². The van der Waals surface area contributed by atoms with E-state index in [2.05, 4.69) is 95.8 Å². The van der Waals surface area contributed by atoms with Crippen LogP contribution in [-0.4, -0.2) is 25.1 Å². The lowest BCUT2D eigenvalue weighted by molar-refractivity contribution is -0.400. The number of para-hydroxylation sites is 1. The minimum atomic E-state index is -6.00. The summed E-state index contributed by atoms with van der Waals surface area (Å²) in [5.74, 6) is 1.02. The second-order valence-electron chi connectivity index (χ2n) is 7.63. The maximum absolute atomic E-state index is 9.75. The maximum Gasteiger partial charge on any atom is 0.673 e. The molecule has 0 aromatic heterocycles. The summed E-state index contributed by atoms with van der Waals surface area (Å²) in [6.07, 6.45) is 2.29. The largest absolute Gasteiger partial charge is 0.673 e. The molecule has 2 aromatic rings. The Kier molecular flexibility index (Phi) is 8.46. The van der Waals surface area contributed by atoms with Gasteiger partial charge in [0.05, 0.1) is 0 Å². The summed E-state index contributed by atoms with van der Waals surface area (Å²) in [6, 6.07) is 13.2. The highest BCUT2D eigenvalue weighted by atomic mass is 19.5. The van der Waals surface area contributed by atoms with E-state index in [4.69, 9.17) is 0 Å². The van der Waals surface area contributed by atoms with Gasteiger partial charge in [-0.15, -0.1) is 0 Å². The molecule has 0 bridgehead atoms. The van der Waals surface area contributed by atoms with Crippen molar-refractivity contribution in [1.29, 1.82) is 0 Å². The van der Waals surface area contributed by atoms with E-state index in [0.717, 1.165) is 0 Å². The van der Waals surface area contributed by atoms with Gasteiger partial charge in [-0.05, 0) is 36.8 Å². The first-order valence-corrected chi connectivity index (χ1v) is 9.47. The van der Waals surface area contributed by atoms with Crippen molar-refractivity contribution < 1.29 is 21.8 Å². The Morgan fingerprint density at radius 1 is 0.786 bits per heavy atom. The zero-order valence-electron chi connectivity index (χ0n) is 17.7. The van der Waals surface area contributed by atoms with Crippen LogP contribution >= 0.6 is 0 Å². The molecule has 0 fully saturated rings. The third kappa shape index (κ3) is 7.14. The van der Waals surface area contributed by atoms with Gasteiger partial charge in [0.1, 0.15) is 7.05 Å². The topological polar surface area (TPSA) is 3.01 Å². The van der Waals surface area contributed by atoms with Crippen molar-refractivity contribution in [2.24, 2.45) is 0 Å². The van der Waals surface area contributed by atoms with E-state index in [1.807, 2.05) is 0 Å². The van der Waals surface area contributed by atoms with Gasteiger partial charge in [-0.1, -0.05) is 64.1 Å². The van der Waals surface area contributed by atoms with E-state index in [-0.39, 0.29) is 0 Å². The number of halogens is 4. The Hall–Kier alpha value is -2.11. The molecule has 0 unspecified atom stereocenters. The summed E-state index contributed by atoms with van der Waals surface area (Å²) in [5.41, 5.74) is 8.17. The van der Waals surface area contributed by atoms with Gasteiger partial charge in [0, 0.05) is 16.7 Å². The van der Waals surface area contributed by atoms with Crippen LogP contribution in [-0.2, 0) is 0 Å². The van der Waals surface area contributed by atoms with E-state index in [0.29, 0.717) is 11.8 Å². The standard InChI is InChI=1S/C22H30N.BF4/c1-15(2)19-12-9-13-20(16(3)4)22(19)23(7)14-21-17(5)10-8-11-18(21)6;2-1(3,4)5/h8-16H,1-7H3;/q+1;-1. The molecular formula is C22H30BF4N. The molecule has 0 saturated heterocycles. The van der Waals surface area contributed by atoms with E-state index in [1.165, 1.54) is 33.5 Å². The van der Waals surface area contributed by atoms with E-state index >= 15 is 0 Å². The van der Waals surface area contributed by atoms with Crippen LogP contribution in [0.3, 0.4) is 0 Å². The second-order valence-corrected chi connectivity index (χ2v) is 7.63. The first kappa shape index (κ1) is 23.9. The maximum atomic E-state index is 9.75. The smallest absolute Gasteiger partial charge is 0.418 e. The molecule has 154 valence electrons. The predicted molar refractivity (Wildman–Crippen MR) is 112 cm³/mol. The molecule has 0 heterocycles. The molecule has 0 atom stereocenters. The van der Waals surface area contributed by atoms with Crippen LogP contribution in [0.15, 0.2) is 36.4 Å². The molecule has 0 amide bonds. The Morgan fingerprint density at radius 3 is 1.50 bits per heavy atom. The molecule has 0 N–H and O–H groups in total. The van der Waals surface area contributed by atoms with Crippen LogP contribution in [0.5, 0.6) is 0 Å². The Morgan fingerprint density at radius 2 is 1.14 bits per heavy atom. The minimum absolute atomic E-state index is 0.512. The quantitative estimate of drug-likeness (QED) is 0.222. The summed E-state index contributed by atoms with van der Waals surface area (Å²) in [6.45, 7) is 13.5. The van der Waals surface area contributed by atoms with Gasteiger partial charge in [0.15, 0.2) is 6.21 Å². The number of hydrogen-bond acceptors (Lipinski definition) is 0. The van der Waals surface area contributed by atoms with Gasteiger partial charge in [0.2, 0.25) is 5.69 Å². The van der Waals surface area contributed by atoms with Crippen LogP contribution in [0.4, 0.5) is 23.0 Å². The fourth-order valence-corrected chi connectivity index (χ4v) is 3.21. The van der Waals surface area contributed by atoms with Crippen molar-refractivity contribution in [3.05, 3.63) is 64.2 Å². The molecule has 0 spiro atoms. The summed E-state index contributed by atoms with van der Waals surface area (Å²) >= 11 is 0. The molecule has 0 saturated carbocycles. The predicted octanol–water partition coefficient (Wildman–Crippen LogP) is 7.24. The second kappa shape index (κ2) is 9.90. The molecule has 28 heavy (non-hydrogen) atoms. The Labute approximate surface area is 166 Å². The summed E-state index contributed by atoms with van der Waals surface area (Å²) in [5, 5.41) is 0. The minimum Gasteiger partial charge on any atom is -0.418 e. The van der Waals surface area contributed by atoms with E-state index in [9.17, 15) is 17.3 Å². The van der Waals surface area contributed by atoms with Gasteiger partial charge in [0.25, 0.3) is 0 Å². The van der Waals surface area contributed by atoms with Crippen LogP contribution in [0.2, 0.25) is 0 Å². The summed E-state index contributed by atoms with van der Waals surface area (Å²) in [4.78, 5) is 0. The third-order valence-electron chi connectivity index (χ3n) is 4.56. The van der Waals surface area contributed by atoms with E-state index < -0.39 is 7.25 Å². The zero-order chi connectivity index (χ0) is 21.6. The van der Waals surface area contributed by atoms with Gasteiger partial charge in [-0.3, -0.25) is 0 Å². The Bertz CT molecular complexity index is 771. The third-order valence-corrected chi connectivity index (χ3v) is 4.56. The lowest BCUT2D eigenvalue weighted by Gasteiger charge is -2.15. The van der Waals surface area contributed by atoms with Crippen molar-refractivity contribution >= 4 is 19.2 Å². The number of rotatable bonds is 4. The number of nitrogens with zero attached hydrogens (tertiary/aromatic N) is 1. The first-order chi connectivity index (χ1) is 12.8. The molecule has 0 aliphatic rings. The zero-order valence-corrected chi connectivity index (χ0v) is 17.7. The lowest BCUT2D eigenvalue weighted by atomic mass is 9.92. The highest BCUT2D eigenvalue weighted by molar-refractivity contribution is 6.50. The highest BCUT2D eigenvalue weighted by Crippen LogP contribution is 2.34. The van der Waals surface area contributed by atoms with Crippen LogP contribution in [0.25, 0.3) is 0 Å². The average molecular weight is 395 g/mol. The molecule has 0 radical (unpaired) electrons. The first-order valence-electron chi connectivity index (χ1n) is 9.47. The molecular weight excluding hydrogens is 365 g/mol. The van der Waals surface area contributed by atoms with Crippen molar-refractivity contribution in [1.82, 2.24) is 0 Å². The normalized spacial score (nSPS) is 12.2. The number of benzene rings is 2.